The first kappa shape index (κ1) is 20.6. The molecule has 0 saturated carbocycles. The predicted molar refractivity (Wildman–Crippen MR) is 113 cm³/mol. The number of H-pyrrole nitrogens is 1. The van der Waals surface area contributed by atoms with Crippen molar-refractivity contribution in [3.05, 3.63) is 89.7 Å². The van der Waals surface area contributed by atoms with E-state index >= 15 is 0 Å². The van der Waals surface area contributed by atoms with Gasteiger partial charge in [-0.15, -0.1) is 10.2 Å². The van der Waals surface area contributed by atoms with Crippen LogP contribution in [-0.4, -0.2) is 33.3 Å². The summed E-state index contributed by atoms with van der Waals surface area (Å²) in [5.41, 5.74) is 7.89. The molecule has 10 heteroatoms. The lowest BCUT2D eigenvalue weighted by molar-refractivity contribution is 0.394. The van der Waals surface area contributed by atoms with E-state index in [1.807, 2.05) is 0 Å². The van der Waals surface area contributed by atoms with Gasteiger partial charge in [0.05, 0.1) is 4.90 Å². The number of tetrazole rings is 1. The van der Waals surface area contributed by atoms with Crippen molar-refractivity contribution in [3.63, 3.8) is 0 Å². The lowest BCUT2D eigenvalue weighted by Gasteiger charge is -2.23. The maximum Gasteiger partial charge on any atom is 0.243 e. The van der Waals surface area contributed by atoms with Crippen molar-refractivity contribution in [2.45, 2.75) is 18.0 Å². The summed E-state index contributed by atoms with van der Waals surface area (Å²) in [7, 11) is -3.91. The highest BCUT2D eigenvalue weighted by Gasteiger charge is 2.26. The molecule has 0 aliphatic carbocycles. The van der Waals surface area contributed by atoms with E-state index in [9.17, 15) is 12.8 Å². The monoisotopic (exact) mass is 438 g/mol. The number of nitrogen functional groups attached to an aromatic ring is 1. The molecule has 0 unspecified atom stereocenters. The maximum absolute atomic E-state index is 14.3. The van der Waals surface area contributed by atoms with Crippen LogP contribution in [0.5, 0.6) is 0 Å². The lowest BCUT2D eigenvalue weighted by atomic mass is 10.1. The normalized spacial score (nSPS) is 11.7. The minimum atomic E-state index is -3.91. The van der Waals surface area contributed by atoms with Crippen LogP contribution >= 0.6 is 0 Å². The second-order valence-corrected chi connectivity index (χ2v) is 8.80. The van der Waals surface area contributed by atoms with Crippen molar-refractivity contribution >= 4 is 15.7 Å². The molecule has 4 aromatic rings. The van der Waals surface area contributed by atoms with Crippen LogP contribution in [0.3, 0.4) is 0 Å². The number of hydrogen-bond donors (Lipinski definition) is 2. The Morgan fingerprint density at radius 2 is 1.65 bits per heavy atom. The number of benzene rings is 3. The number of nitrogens with one attached hydrogen (secondary N) is 1. The summed E-state index contributed by atoms with van der Waals surface area (Å²) in [6.45, 7) is -0.0699. The molecule has 0 aliphatic heterocycles. The Morgan fingerprint density at radius 1 is 0.935 bits per heavy atom. The van der Waals surface area contributed by atoms with Gasteiger partial charge in [0.2, 0.25) is 15.8 Å². The summed E-state index contributed by atoms with van der Waals surface area (Å²) >= 11 is 0. The van der Waals surface area contributed by atoms with Gasteiger partial charge in [0.25, 0.3) is 0 Å². The summed E-state index contributed by atoms with van der Waals surface area (Å²) in [4.78, 5) is 0.0847. The Hall–Kier alpha value is -3.63. The van der Waals surface area contributed by atoms with Gasteiger partial charge in [-0.2, -0.15) is 9.52 Å². The Bertz CT molecular complexity index is 1260. The SMILES string of the molecule is Nc1ccc(S(=O)(=O)N(Cc2ccc(-c3nn[nH]n3)cc2)Cc2ccccc2F)cc1. The molecule has 1 heterocycles. The molecule has 0 spiro atoms. The Labute approximate surface area is 178 Å². The van der Waals surface area contributed by atoms with E-state index < -0.39 is 15.8 Å². The van der Waals surface area contributed by atoms with Gasteiger partial charge >= 0.3 is 0 Å². The number of anilines is 1. The number of rotatable bonds is 7. The fraction of sp³-hybridized carbons (Fsp3) is 0.0952. The molecule has 0 fully saturated rings. The standard InChI is InChI=1S/C21H19FN6O2S/c22-20-4-2-1-3-17(20)14-28(31(29,30)19-11-9-18(23)10-12-19)13-15-5-7-16(8-6-15)21-24-26-27-25-21/h1-12H,13-14,23H2,(H,24,25,26,27). The zero-order valence-electron chi connectivity index (χ0n) is 16.3. The van der Waals surface area contributed by atoms with E-state index in [1.54, 1.807) is 42.5 Å². The number of sulfonamides is 1. The second kappa shape index (κ2) is 8.62. The molecular formula is C21H19FN6O2S. The van der Waals surface area contributed by atoms with Crippen LogP contribution in [0.1, 0.15) is 11.1 Å². The highest BCUT2D eigenvalue weighted by Crippen LogP contribution is 2.24. The van der Waals surface area contributed by atoms with Gasteiger partial charge in [-0.25, -0.2) is 12.8 Å². The second-order valence-electron chi connectivity index (χ2n) is 6.87. The minimum Gasteiger partial charge on any atom is -0.399 e. The molecular weight excluding hydrogens is 419 g/mol. The van der Waals surface area contributed by atoms with E-state index in [2.05, 4.69) is 20.6 Å². The third-order valence-corrected chi connectivity index (χ3v) is 6.54. The summed E-state index contributed by atoms with van der Waals surface area (Å²) < 4.78 is 42.2. The summed E-state index contributed by atoms with van der Waals surface area (Å²) in [5, 5.41) is 13.8. The fourth-order valence-corrected chi connectivity index (χ4v) is 4.48. The van der Waals surface area contributed by atoms with Crippen LogP contribution in [0.4, 0.5) is 10.1 Å². The molecule has 0 aliphatic rings. The first-order valence-corrected chi connectivity index (χ1v) is 10.8. The van der Waals surface area contributed by atoms with E-state index in [4.69, 9.17) is 5.73 Å². The van der Waals surface area contributed by atoms with Gasteiger partial charge < -0.3 is 5.73 Å². The van der Waals surface area contributed by atoms with Crippen molar-refractivity contribution < 1.29 is 12.8 Å². The first-order chi connectivity index (χ1) is 14.9. The van der Waals surface area contributed by atoms with Crippen molar-refractivity contribution in [3.8, 4) is 11.4 Å². The predicted octanol–water partition coefficient (Wildman–Crippen LogP) is 2.98. The van der Waals surface area contributed by atoms with Gasteiger partial charge in [-0.3, -0.25) is 0 Å². The molecule has 158 valence electrons. The van der Waals surface area contributed by atoms with Crippen LogP contribution in [0.2, 0.25) is 0 Å². The number of aromatic amines is 1. The average molecular weight is 438 g/mol. The van der Waals surface area contributed by atoms with Gasteiger partial charge in [-0.1, -0.05) is 42.5 Å². The van der Waals surface area contributed by atoms with Gasteiger partial charge in [0.1, 0.15) is 5.82 Å². The van der Waals surface area contributed by atoms with E-state index in [1.165, 1.54) is 34.6 Å². The molecule has 1 aromatic heterocycles. The Kier molecular flexibility index (Phi) is 5.74. The quantitative estimate of drug-likeness (QED) is 0.428. The summed E-state index contributed by atoms with van der Waals surface area (Å²) in [6.07, 6.45) is 0. The van der Waals surface area contributed by atoms with E-state index in [0.717, 1.165) is 11.1 Å². The molecule has 0 radical (unpaired) electrons. The molecule has 4 rings (SSSR count). The van der Waals surface area contributed by atoms with E-state index in [-0.39, 0.29) is 23.5 Å². The van der Waals surface area contributed by atoms with Crippen LogP contribution in [0, 0.1) is 5.82 Å². The smallest absolute Gasteiger partial charge is 0.243 e. The van der Waals surface area contributed by atoms with Gasteiger partial charge in [-0.05, 0) is 41.1 Å². The highest BCUT2D eigenvalue weighted by molar-refractivity contribution is 7.89. The topological polar surface area (TPSA) is 118 Å². The van der Waals surface area contributed by atoms with Crippen LogP contribution in [0.15, 0.2) is 77.7 Å². The zero-order valence-corrected chi connectivity index (χ0v) is 17.1. The van der Waals surface area contributed by atoms with Crippen molar-refractivity contribution in [1.29, 1.82) is 0 Å². The molecule has 0 amide bonds. The fourth-order valence-electron chi connectivity index (χ4n) is 3.08. The van der Waals surface area contributed by atoms with Gasteiger partial charge in [0.15, 0.2) is 0 Å². The minimum absolute atomic E-state index is 0.0492. The average Bonchev–Trinajstić information content (AvgIpc) is 3.30. The number of aromatic nitrogens is 4. The number of nitrogens with two attached hydrogens (primary N) is 1. The van der Waals surface area contributed by atoms with Crippen molar-refractivity contribution in [1.82, 2.24) is 24.9 Å². The maximum atomic E-state index is 14.3. The van der Waals surface area contributed by atoms with Crippen LogP contribution < -0.4 is 5.73 Å². The lowest BCUT2D eigenvalue weighted by Crippen LogP contribution is -2.30. The van der Waals surface area contributed by atoms with Gasteiger partial charge in [0, 0.05) is 29.9 Å². The van der Waals surface area contributed by atoms with Crippen LogP contribution in [-0.2, 0) is 23.1 Å². The largest absolute Gasteiger partial charge is 0.399 e. The number of nitrogens with zero attached hydrogens (tertiary/aromatic N) is 4. The number of halogens is 1. The van der Waals surface area contributed by atoms with Crippen molar-refractivity contribution in [2.24, 2.45) is 0 Å². The molecule has 0 bridgehead atoms. The van der Waals surface area contributed by atoms with E-state index in [0.29, 0.717) is 11.5 Å². The molecule has 3 aromatic carbocycles. The molecule has 0 atom stereocenters. The highest BCUT2D eigenvalue weighted by atomic mass is 32.2. The first-order valence-electron chi connectivity index (χ1n) is 9.35. The summed E-state index contributed by atoms with van der Waals surface area (Å²) in [6, 6.07) is 19.1. The molecule has 0 saturated heterocycles. The Morgan fingerprint density at radius 3 is 2.29 bits per heavy atom. The third-order valence-electron chi connectivity index (χ3n) is 4.74. The third kappa shape index (κ3) is 4.60. The molecule has 3 N–H and O–H groups in total. The Balaban J connectivity index is 1.66. The summed E-state index contributed by atoms with van der Waals surface area (Å²) in [5.74, 6) is -0.0308. The zero-order chi connectivity index (χ0) is 21.8. The molecule has 8 nitrogen and oxygen atoms in total. The van der Waals surface area contributed by atoms with Crippen molar-refractivity contribution in [2.75, 3.05) is 5.73 Å². The molecule has 31 heavy (non-hydrogen) atoms. The number of hydrogen-bond acceptors (Lipinski definition) is 6. The van der Waals surface area contributed by atoms with Crippen LogP contribution in [0.25, 0.3) is 11.4 Å².